The number of hydrogen-bond acceptors (Lipinski definition) is 6. The molecule has 2 aliphatic heterocycles. The lowest BCUT2D eigenvalue weighted by molar-refractivity contribution is -0.144. The minimum absolute atomic E-state index is 0.204. The maximum absolute atomic E-state index is 13.4. The van der Waals surface area contributed by atoms with Gasteiger partial charge in [0.05, 0.1) is 12.1 Å². The van der Waals surface area contributed by atoms with Crippen LogP contribution in [-0.4, -0.2) is 71.0 Å². The van der Waals surface area contributed by atoms with Gasteiger partial charge in [0.15, 0.2) is 0 Å². The number of rotatable bonds is 3. The highest BCUT2D eigenvalue weighted by molar-refractivity contribution is 5.93. The quantitative estimate of drug-likeness (QED) is 0.535. The number of nitrogens with one attached hydrogen (secondary N) is 2. The highest BCUT2D eigenvalue weighted by Gasteiger charge is 2.61. The summed E-state index contributed by atoms with van der Waals surface area (Å²) in [7, 11) is 1.59. The predicted octanol–water partition coefficient (Wildman–Crippen LogP) is 2.96. The van der Waals surface area contributed by atoms with E-state index in [2.05, 4.69) is 17.2 Å². The van der Waals surface area contributed by atoms with Gasteiger partial charge < -0.3 is 30.1 Å². The predicted molar refractivity (Wildman–Crippen MR) is 127 cm³/mol. The average molecular weight is 478 g/mol. The fraction of sp³-hybridized carbons (Fsp3) is 0.720. The molecule has 9 nitrogen and oxygen atoms in total. The average Bonchev–Trinajstić information content (AvgIpc) is 3.26. The molecule has 3 N–H and O–H groups in total. The molecule has 34 heavy (non-hydrogen) atoms. The summed E-state index contributed by atoms with van der Waals surface area (Å²) in [6, 6.07) is -1.05. The molecule has 0 radical (unpaired) electrons. The van der Waals surface area contributed by atoms with Crippen molar-refractivity contribution in [3.05, 3.63) is 24.4 Å². The van der Waals surface area contributed by atoms with Crippen LogP contribution in [0.5, 0.6) is 0 Å². The van der Waals surface area contributed by atoms with Gasteiger partial charge in [-0.1, -0.05) is 31.6 Å². The standard InChI is InChI=1S/C25H39N3O6/c1-16-19(26-23(32)34-24(2,3)4)12-10-8-6-7-9-11-17-14-25(17,22(30)31)27-21(29)20-13-18(33-5)15-28(16)20/h9,11,17-20H,1,6-8,10,12-15H2,2-5H3,(H,26,32)(H,27,29)(H,30,31)/b11-9-/t17-,18-,19+,20+,25-/m1/s1. The van der Waals surface area contributed by atoms with Crippen LogP contribution in [0.3, 0.4) is 0 Å². The number of carbonyl (C=O) groups excluding carboxylic acids is 2. The van der Waals surface area contributed by atoms with Crippen molar-refractivity contribution in [1.82, 2.24) is 15.5 Å². The first-order valence-electron chi connectivity index (χ1n) is 12.2. The maximum Gasteiger partial charge on any atom is 0.408 e. The molecule has 9 heteroatoms. The molecule has 190 valence electrons. The van der Waals surface area contributed by atoms with Crippen LogP contribution in [0.4, 0.5) is 4.79 Å². The van der Waals surface area contributed by atoms with Crippen molar-refractivity contribution in [3.8, 4) is 0 Å². The lowest BCUT2D eigenvalue weighted by Crippen LogP contribution is -2.53. The third kappa shape index (κ3) is 6.11. The summed E-state index contributed by atoms with van der Waals surface area (Å²) in [5, 5.41) is 15.6. The number of allylic oxidation sites excluding steroid dienone is 1. The number of ether oxygens (including phenoxy) is 2. The normalized spacial score (nSPS) is 33.5. The second-order valence-electron chi connectivity index (χ2n) is 10.6. The molecule has 1 saturated heterocycles. The first-order valence-corrected chi connectivity index (χ1v) is 12.2. The number of carboxylic acid groups (broad SMARTS) is 1. The van der Waals surface area contributed by atoms with Crippen molar-refractivity contribution in [2.75, 3.05) is 13.7 Å². The van der Waals surface area contributed by atoms with Gasteiger partial charge in [-0.15, -0.1) is 0 Å². The Hall–Kier alpha value is -2.55. The largest absolute Gasteiger partial charge is 0.479 e. The van der Waals surface area contributed by atoms with Gasteiger partial charge in [-0.05, 0) is 46.5 Å². The van der Waals surface area contributed by atoms with E-state index in [1.807, 2.05) is 17.1 Å². The second-order valence-corrected chi connectivity index (χ2v) is 10.6. The van der Waals surface area contributed by atoms with Gasteiger partial charge >= 0.3 is 12.1 Å². The molecule has 0 unspecified atom stereocenters. The fourth-order valence-corrected chi connectivity index (χ4v) is 4.82. The maximum atomic E-state index is 13.4. The molecule has 2 heterocycles. The molecule has 0 aromatic heterocycles. The van der Waals surface area contributed by atoms with Gasteiger partial charge in [0, 0.05) is 31.7 Å². The number of carbonyl (C=O) groups is 3. The SMILES string of the molecule is C=C1[C@@H](NC(=O)OC(C)(C)C)CCCCC/C=C\[C@@H]2C[C@@]2(C(=O)O)NC(=O)[C@@H]2C[C@@H](OC)CN12. The number of hydrogen-bond donors (Lipinski definition) is 3. The second kappa shape index (κ2) is 10.4. The smallest absolute Gasteiger partial charge is 0.408 e. The number of nitrogens with zero attached hydrogens (tertiary/aromatic N) is 1. The summed E-state index contributed by atoms with van der Waals surface area (Å²) in [6.45, 7) is 10.1. The van der Waals surface area contributed by atoms with Crippen molar-refractivity contribution < 1.29 is 29.0 Å². The van der Waals surface area contributed by atoms with Crippen molar-refractivity contribution in [3.63, 3.8) is 0 Å². The highest BCUT2D eigenvalue weighted by Crippen LogP contribution is 2.45. The third-order valence-electron chi connectivity index (χ3n) is 6.84. The Morgan fingerprint density at radius 3 is 2.68 bits per heavy atom. The zero-order valence-electron chi connectivity index (χ0n) is 20.8. The molecule has 1 aliphatic carbocycles. The van der Waals surface area contributed by atoms with Crippen LogP contribution in [0.25, 0.3) is 0 Å². The molecular formula is C25H39N3O6. The molecule has 3 rings (SSSR count). The number of amides is 2. The molecule has 0 aromatic rings. The van der Waals surface area contributed by atoms with Gasteiger partial charge in [-0.3, -0.25) is 4.79 Å². The monoisotopic (exact) mass is 477 g/mol. The molecule has 2 fully saturated rings. The Morgan fingerprint density at radius 2 is 2.03 bits per heavy atom. The Kier molecular flexibility index (Phi) is 7.95. The minimum Gasteiger partial charge on any atom is -0.479 e. The lowest BCUT2D eigenvalue weighted by Gasteiger charge is -2.34. The molecule has 0 bridgehead atoms. The van der Waals surface area contributed by atoms with Crippen LogP contribution >= 0.6 is 0 Å². The zero-order valence-corrected chi connectivity index (χ0v) is 20.8. The van der Waals surface area contributed by atoms with Crippen molar-refractivity contribution in [2.45, 2.75) is 95.0 Å². The molecule has 3 aliphatic rings. The van der Waals surface area contributed by atoms with E-state index in [4.69, 9.17) is 9.47 Å². The van der Waals surface area contributed by atoms with Gasteiger partial charge in [0.25, 0.3) is 0 Å². The summed E-state index contributed by atoms with van der Waals surface area (Å²) >= 11 is 0. The van der Waals surface area contributed by atoms with Gasteiger partial charge in [0.2, 0.25) is 5.91 Å². The molecule has 0 spiro atoms. The van der Waals surface area contributed by atoms with Crippen molar-refractivity contribution in [2.24, 2.45) is 5.92 Å². The number of methoxy groups -OCH3 is 1. The summed E-state index contributed by atoms with van der Waals surface area (Å²) in [6.07, 6.45) is 8.28. The molecule has 2 amide bonds. The Bertz CT molecular complexity index is 835. The van der Waals surface area contributed by atoms with Crippen LogP contribution in [0.1, 0.15) is 65.7 Å². The molecule has 5 atom stereocenters. The van der Waals surface area contributed by atoms with Crippen molar-refractivity contribution in [1.29, 1.82) is 0 Å². The van der Waals surface area contributed by atoms with Gasteiger partial charge in [-0.2, -0.15) is 0 Å². The van der Waals surface area contributed by atoms with E-state index in [-0.39, 0.29) is 17.9 Å². The van der Waals surface area contributed by atoms with E-state index in [1.54, 1.807) is 27.9 Å². The highest BCUT2D eigenvalue weighted by atomic mass is 16.6. The van der Waals surface area contributed by atoms with Crippen LogP contribution in [0.2, 0.25) is 0 Å². The Labute approximate surface area is 201 Å². The van der Waals surface area contributed by atoms with Gasteiger partial charge in [-0.25, -0.2) is 9.59 Å². The summed E-state index contributed by atoms with van der Waals surface area (Å²) in [5.74, 6) is -1.59. The van der Waals surface area contributed by atoms with Gasteiger partial charge in [0.1, 0.15) is 17.2 Å². The first-order chi connectivity index (χ1) is 16.0. The number of fused-ring (bicyclic) bond motifs is 2. The number of carboxylic acids is 1. The van der Waals surface area contributed by atoms with Crippen LogP contribution < -0.4 is 10.6 Å². The molecule has 0 aromatic carbocycles. The zero-order chi connectivity index (χ0) is 25.1. The Balaban J connectivity index is 1.85. The van der Waals surface area contributed by atoms with Crippen LogP contribution in [0.15, 0.2) is 24.4 Å². The summed E-state index contributed by atoms with van der Waals surface area (Å²) in [5.41, 5.74) is -1.30. The van der Waals surface area contributed by atoms with E-state index in [9.17, 15) is 19.5 Å². The third-order valence-corrected chi connectivity index (χ3v) is 6.84. The fourth-order valence-electron chi connectivity index (χ4n) is 4.82. The van der Waals surface area contributed by atoms with Crippen LogP contribution in [0, 0.1) is 5.92 Å². The number of alkyl carbamates (subject to hydrolysis) is 1. The van der Waals surface area contributed by atoms with E-state index in [0.29, 0.717) is 31.5 Å². The van der Waals surface area contributed by atoms with E-state index < -0.39 is 35.3 Å². The minimum atomic E-state index is -1.26. The lowest BCUT2D eigenvalue weighted by atomic mass is 10.0. The van der Waals surface area contributed by atoms with E-state index in [1.165, 1.54) is 0 Å². The Morgan fingerprint density at radius 1 is 1.29 bits per heavy atom. The first kappa shape index (κ1) is 26.1. The van der Waals surface area contributed by atoms with Crippen LogP contribution in [-0.2, 0) is 19.1 Å². The van der Waals surface area contributed by atoms with E-state index >= 15 is 0 Å². The van der Waals surface area contributed by atoms with E-state index in [0.717, 1.165) is 25.7 Å². The molecule has 1 saturated carbocycles. The number of aliphatic carboxylic acids is 1. The topological polar surface area (TPSA) is 117 Å². The summed E-state index contributed by atoms with van der Waals surface area (Å²) in [4.78, 5) is 39.8. The molecular weight excluding hydrogens is 438 g/mol. The van der Waals surface area contributed by atoms with Crippen molar-refractivity contribution >= 4 is 18.0 Å². The summed E-state index contributed by atoms with van der Waals surface area (Å²) < 4.78 is 11.0.